The lowest BCUT2D eigenvalue weighted by atomic mass is 10.0. The number of aryl methyl sites for hydroxylation is 3. The van der Waals surface area contributed by atoms with Crippen LogP contribution in [0.4, 0.5) is 0 Å². The number of hydrogen-bond donors (Lipinski definition) is 0. The fourth-order valence-corrected chi connectivity index (χ4v) is 2.33. The zero-order valence-electron chi connectivity index (χ0n) is 10.0. The van der Waals surface area contributed by atoms with Gasteiger partial charge in [0.2, 0.25) is 5.78 Å². The first kappa shape index (κ1) is 12.0. The number of carbonyl (C=O) groups excluding carboxylic acids is 1. The van der Waals surface area contributed by atoms with E-state index in [-0.39, 0.29) is 5.78 Å². The molecule has 0 saturated heterocycles. The molecule has 5 nitrogen and oxygen atoms in total. The van der Waals surface area contributed by atoms with Crippen molar-refractivity contribution < 1.29 is 9.21 Å². The van der Waals surface area contributed by atoms with Crippen LogP contribution in [0.3, 0.4) is 0 Å². The van der Waals surface area contributed by atoms with Gasteiger partial charge in [0.15, 0.2) is 4.60 Å². The van der Waals surface area contributed by atoms with Gasteiger partial charge in [-0.2, -0.15) is 0 Å². The highest BCUT2D eigenvalue weighted by Crippen LogP contribution is 2.25. The molecule has 2 heterocycles. The second kappa shape index (κ2) is 4.10. The fraction of sp³-hybridized carbons (Fsp3) is 0.364. The van der Waals surface area contributed by atoms with Crippen molar-refractivity contribution in [1.29, 1.82) is 0 Å². The third-order valence-corrected chi connectivity index (χ3v) is 3.32. The second-order valence-corrected chi connectivity index (χ2v) is 4.65. The maximum Gasteiger partial charge on any atom is 0.217 e. The highest BCUT2D eigenvalue weighted by atomic mass is 79.9. The monoisotopic (exact) mass is 297 g/mol. The van der Waals surface area contributed by atoms with Crippen LogP contribution >= 0.6 is 15.9 Å². The van der Waals surface area contributed by atoms with Crippen molar-refractivity contribution >= 4 is 21.7 Å². The van der Waals surface area contributed by atoms with E-state index in [4.69, 9.17) is 4.42 Å². The predicted molar refractivity (Wildman–Crippen MR) is 65.1 cm³/mol. The maximum atomic E-state index is 12.4. The summed E-state index contributed by atoms with van der Waals surface area (Å²) in [5.41, 5.74) is 1.88. The van der Waals surface area contributed by atoms with Crippen molar-refractivity contribution in [2.45, 2.75) is 20.8 Å². The molecule has 0 aromatic carbocycles. The number of furan rings is 1. The normalized spacial score (nSPS) is 10.9. The van der Waals surface area contributed by atoms with Gasteiger partial charge in [-0.25, -0.2) is 4.68 Å². The van der Waals surface area contributed by atoms with Crippen LogP contribution in [-0.2, 0) is 7.05 Å². The highest BCUT2D eigenvalue weighted by molar-refractivity contribution is 9.10. The molecule has 0 aliphatic heterocycles. The number of ketones is 1. The molecule has 2 aromatic rings. The molecule has 0 fully saturated rings. The number of halogens is 1. The lowest BCUT2D eigenvalue weighted by Gasteiger charge is -2.01. The van der Waals surface area contributed by atoms with Crippen molar-refractivity contribution in [2.24, 2.45) is 7.05 Å². The van der Waals surface area contributed by atoms with Crippen LogP contribution in [0.5, 0.6) is 0 Å². The Morgan fingerprint density at radius 1 is 1.29 bits per heavy atom. The Balaban J connectivity index is 2.59. The molecule has 0 spiro atoms. The van der Waals surface area contributed by atoms with E-state index in [1.807, 2.05) is 13.8 Å². The zero-order chi connectivity index (χ0) is 12.7. The topological polar surface area (TPSA) is 60.9 Å². The summed E-state index contributed by atoms with van der Waals surface area (Å²) in [7, 11) is 1.68. The summed E-state index contributed by atoms with van der Waals surface area (Å²) in [6, 6.07) is 0. The van der Waals surface area contributed by atoms with Crippen LogP contribution in [0.15, 0.2) is 9.02 Å². The van der Waals surface area contributed by atoms with E-state index in [1.165, 1.54) is 4.68 Å². The average molecular weight is 298 g/mol. The minimum atomic E-state index is -0.128. The zero-order valence-corrected chi connectivity index (χ0v) is 11.6. The van der Waals surface area contributed by atoms with Gasteiger partial charge >= 0.3 is 0 Å². The molecule has 0 atom stereocenters. The van der Waals surface area contributed by atoms with E-state index in [0.717, 1.165) is 11.3 Å². The summed E-state index contributed by atoms with van der Waals surface area (Å²) < 4.78 is 7.36. The molecule has 2 aromatic heterocycles. The Kier molecular flexibility index (Phi) is 2.91. The quantitative estimate of drug-likeness (QED) is 0.798. The molecule has 0 N–H and O–H groups in total. The number of rotatable bonds is 2. The summed E-state index contributed by atoms with van der Waals surface area (Å²) >= 11 is 3.23. The molecule has 2 rings (SSSR count). The van der Waals surface area contributed by atoms with Crippen LogP contribution < -0.4 is 0 Å². The van der Waals surface area contributed by atoms with Gasteiger partial charge in [-0.05, 0) is 36.7 Å². The fourth-order valence-electron chi connectivity index (χ4n) is 1.82. The van der Waals surface area contributed by atoms with Crippen molar-refractivity contribution in [3.63, 3.8) is 0 Å². The van der Waals surface area contributed by atoms with Crippen LogP contribution in [0.2, 0.25) is 0 Å². The minimum absolute atomic E-state index is 0.128. The van der Waals surface area contributed by atoms with Gasteiger partial charge in [0.05, 0.1) is 5.56 Å². The summed E-state index contributed by atoms with van der Waals surface area (Å²) in [5, 5.41) is 7.60. The number of aromatic nitrogens is 3. The van der Waals surface area contributed by atoms with Crippen LogP contribution in [0.25, 0.3) is 0 Å². The van der Waals surface area contributed by atoms with Gasteiger partial charge in [0, 0.05) is 12.6 Å². The molecule has 0 bridgehead atoms. The molecule has 0 aliphatic carbocycles. The van der Waals surface area contributed by atoms with E-state index in [9.17, 15) is 4.79 Å². The highest BCUT2D eigenvalue weighted by Gasteiger charge is 2.25. The molecule has 6 heteroatoms. The Labute approximate surface area is 107 Å². The van der Waals surface area contributed by atoms with E-state index >= 15 is 0 Å². The van der Waals surface area contributed by atoms with Gasteiger partial charge in [-0.15, -0.1) is 5.10 Å². The summed E-state index contributed by atoms with van der Waals surface area (Å²) in [6.07, 6.45) is 0. The standard InChI is InChI=1S/C11H12BrN3O2/c1-5-6(2)17-7(3)8(5)10(16)9-11(12)13-14-15(9)4/h1-4H3. The first-order valence-corrected chi connectivity index (χ1v) is 5.89. The number of carbonyl (C=O) groups is 1. The van der Waals surface area contributed by atoms with Crippen LogP contribution in [-0.4, -0.2) is 20.8 Å². The molecule has 0 aliphatic rings. The van der Waals surface area contributed by atoms with E-state index in [0.29, 0.717) is 21.6 Å². The smallest absolute Gasteiger partial charge is 0.217 e. The third-order valence-electron chi connectivity index (χ3n) is 2.79. The van der Waals surface area contributed by atoms with Crippen molar-refractivity contribution in [3.8, 4) is 0 Å². The van der Waals surface area contributed by atoms with Crippen molar-refractivity contribution in [1.82, 2.24) is 15.0 Å². The molecule has 17 heavy (non-hydrogen) atoms. The van der Waals surface area contributed by atoms with E-state index in [1.54, 1.807) is 14.0 Å². The molecule has 0 saturated carbocycles. The Hall–Kier alpha value is -1.43. The van der Waals surface area contributed by atoms with Crippen molar-refractivity contribution in [3.05, 3.63) is 32.9 Å². The lowest BCUT2D eigenvalue weighted by Crippen LogP contribution is -2.10. The van der Waals surface area contributed by atoms with Gasteiger partial charge in [-0.1, -0.05) is 5.21 Å². The van der Waals surface area contributed by atoms with Gasteiger partial charge in [-0.3, -0.25) is 4.79 Å². The molecule has 0 radical (unpaired) electrons. The third kappa shape index (κ3) is 1.82. The molecular formula is C11H12BrN3O2. The van der Waals surface area contributed by atoms with Crippen LogP contribution in [0, 0.1) is 20.8 Å². The number of hydrogen-bond acceptors (Lipinski definition) is 4. The maximum absolute atomic E-state index is 12.4. The average Bonchev–Trinajstić information content (AvgIpc) is 2.69. The molecule has 0 amide bonds. The summed E-state index contributed by atoms with van der Waals surface area (Å²) in [5.74, 6) is 1.26. The number of nitrogens with zero attached hydrogens (tertiary/aromatic N) is 3. The van der Waals surface area contributed by atoms with E-state index < -0.39 is 0 Å². The van der Waals surface area contributed by atoms with Crippen molar-refractivity contribution in [2.75, 3.05) is 0 Å². The predicted octanol–water partition coefficient (Wildman–Crippen LogP) is 2.33. The summed E-state index contributed by atoms with van der Waals surface area (Å²) in [6.45, 7) is 5.50. The SMILES string of the molecule is Cc1oc(C)c(C(=O)c2c(Br)nnn2C)c1C. The Bertz CT molecular complexity index is 579. The Morgan fingerprint density at radius 3 is 2.35 bits per heavy atom. The van der Waals surface area contributed by atoms with Gasteiger partial charge < -0.3 is 4.42 Å². The Morgan fingerprint density at radius 2 is 1.94 bits per heavy atom. The first-order chi connectivity index (χ1) is 7.93. The minimum Gasteiger partial charge on any atom is -0.466 e. The lowest BCUT2D eigenvalue weighted by molar-refractivity contribution is 0.102. The molecular weight excluding hydrogens is 286 g/mol. The summed E-state index contributed by atoms with van der Waals surface area (Å²) in [4.78, 5) is 12.4. The molecule has 90 valence electrons. The van der Waals surface area contributed by atoms with Gasteiger partial charge in [0.25, 0.3) is 0 Å². The van der Waals surface area contributed by atoms with Gasteiger partial charge in [0.1, 0.15) is 17.2 Å². The first-order valence-electron chi connectivity index (χ1n) is 5.10. The van der Waals surface area contributed by atoms with Crippen LogP contribution in [0.1, 0.15) is 33.1 Å². The van der Waals surface area contributed by atoms with E-state index in [2.05, 4.69) is 26.2 Å². The molecule has 0 unspecified atom stereocenters. The largest absolute Gasteiger partial charge is 0.466 e. The second-order valence-electron chi connectivity index (χ2n) is 3.90.